The molecule has 0 aliphatic heterocycles. The van der Waals surface area contributed by atoms with Gasteiger partial charge in [0.1, 0.15) is 0 Å². The van der Waals surface area contributed by atoms with Gasteiger partial charge in [-0.1, -0.05) is 49.6 Å². The van der Waals surface area contributed by atoms with Crippen LogP contribution in [0.25, 0.3) is 0 Å². The van der Waals surface area contributed by atoms with Crippen molar-refractivity contribution in [1.82, 2.24) is 16.0 Å². The zero-order valence-corrected chi connectivity index (χ0v) is 14.0. The molecule has 3 amide bonds. The van der Waals surface area contributed by atoms with Gasteiger partial charge >= 0.3 is 6.03 Å². The van der Waals surface area contributed by atoms with Crippen LogP contribution in [0.1, 0.15) is 43.7 Å². The summed E-state index contributed by atoms with van der Waals surface area (Å²) >= 11 is 0. The highest BCUT2D eigenvalue weighted by atomic mass is 16.2. The quantitative estimate of drug-likeness (QED) is 0.781. The molecule has 2 rings (SSSR count). The summed E-state index contributed by atoms with van der Waals surface area (Å²) in [7, 11) is 0. The van der Waals surface area contributed by atoms with Crippen LogP contribution >= 0.6 is 0 Å². The molecule has 1 aromatic rings. The minimum Gasteiger partial charge on any atom is -0.352 e. The van der Waals surface area contributed by atoms with Gasteiger partial charge in [-0.3, -0.25) is 4.79 Å². The third kappa shape index (κ3) is 5.93. The molecule has 1 aliphatic rings. The molecule has 0 spiro atoms. The van der Waals surface area contributed by atoms with Gasteiger partial charge in [0, 0.05) is 12.6 Å². The van der Waals surface area contributed by atoms with Gasteiger partial charge in [0.05, 0.1) is 6.54 Å². The number of carbonyl (C=O) groups is 2. The maximum Gasteiger partial charge on any atom is 0.315 e. The third-order valence-electron chi connectivity index (χ3n) is 4.44. The van der Waals surface area contributed by atoms with E-state index in [1.165, 1.54) is 18.4 Å². The van der Waals surface area contributed by atoms with Gasteiger partial charge in [0.25, 0.3) is 0 Å². The summed E-state index contributed by atoms with van der Waals surface area (Å²) in [6, 6.07) is 7.90. The number of benzene rings is 1. The summed E-state index contributed by atoms with van der Waals surface area (Å²) in [5.41, 5.74) is 2.22. The summed E-state index contributed by atoms with van der Waals surface area (Å²) < 4.78 is 0. The van der Waals surface area contributed by atoms with Crippen molar-refractivity contribution in [1.29, 1.82) is 0 Å². The third-order valence-corrected chi connectivity index (χ3v) is 4.44. The second-order valence-electron chi connectivity index (χ2n) is 6.46. The van der Waals surface area contributed by atoms with Gasteiger partial charge < -0.3 is 16.0 Å². The van der Waals surface area contributed by atoms with Crippen LogP contribution in [0.3, 0.4) is 0 Å². The fraction of sp³-hybridized carbons (Fsp3) is 0.556. The highest BCUT2D eigenvalue weighted by molar-refractivity contribution is 5.84. The second-order valence-corrected chi connectivity index (χ2v) is 6.46. The van der Waals surface area contributed by atoms with Gasteiger partial charge in [0.15, 0.2) is 0 Å². The van der Waals surface area contributed by atoms with Gasteiger partial charge in [-0.15, -0.1) is 0 Å². The standard InChI is InChI=1S/C18H27N3O2/c1-13-7-9-15(10-8-13)11-19-18(23)20-12-17(22)21-16-6-4-3-5-14(16)2/h7-10,14,16H,3-6,11-12H2,1-2H3,(H,21,22)(H2,19,20,23)/t14-,16+/m0/s1. The molecular weight excluding hydrogens is 290 g/mol. The first kappa shape index (κ1) is 17.3. The number of urea groups is 1. The van der Waals surface area contributed by atoms with Crippen LogP contribution in [-0.2, 0) is 11.3 Å². The molecule has 2 atom stereocenters. The summed E-state index contributed by atoms with van der Waals surface area (Å²) in [6.45, 7) is 4.66. The maximum atomic E-state index is 11.9. The van der Waals surface area contributed by atoms with Gasteiger partial charge in [-0.05, 0) is 31.2 Å². The number of carbonyl (C=O) groups excluding carboxylic acids is 2. The van der Waals surface area contributed by atoms with E-state index in [1.54, 1.807) is 0 Å². The Bertz CT molecular complexity index is 528. The number of nitrogens with one attached hydrogen (secondary N) is 3. The molecule has 1 fully saturated rings. The summed E-state index contributed by atoms with van der Waals surface area (Å²) in [6.07, 6.45) is 4.61. The van der Waals surface area contributed by atoms with E-state index in [9.17, 15) is 9.59 Å². The van der Waals surface area contributed by atoms with E-state index in [0.717, 1.165) is 18.4 Å². The topological polar surface area (TPSA) is 70.2 Å². The average molecular weight is 317 g/mol. The Kier molecular flexibility index (Phi) is 6.44. The molecule has 23 heavy (non-hydrogen) atoms. The lowest BCUT2D eigenvalue weighted by Crippen LogP contribution is -2.47. The lowest BCUT2D eigenvalue weighted by molar-refractivity contribution is -0.121. The van der Waals surface area contributed by atoms with Crippen LogP contribution in [0.15, 0.2) is 24.3 Å². The molecule has 5 heteroatoms. The molecule has 0 radical (unpaired) electrons. The molecule has 5 nitrogen and oxygen atoms in total. The van der Waals surface area contributed by atoms with E-state index in [-0.39, 0.29) is 24.5 Å². The van der Waals surface area contributed by atoms with Crippen LogP contribution in [-0.4, -0.2) is 24.5 Å². The Balaban J connectivity index is 1.65. The zero-order chi connectivity index (χ0) is 16.7. The Hall–Kier alpha value is -2.04. The lowest BCUT2D eigenvalue weighted by atomic mass is 9.86. The van der Waals surface area contributed by atoms with E-state index in [0.29, 0.717) is 12.5 Å². The highest BCUT2D eigenvalue weighted by Gasteiger charge is 2.22. The van der Waals surface area contributed by atoms with Crippen LogP contribution in [0.4, 0.5) is 4.79 Å². The van der Waals surface area contributed by atoms with E-state index >= 15 is 0 Å². The normalized spacial score (nSPS) is 20.6. The second kappa shape index (κ2) is 8.56. The Labute approximate surface area is 138 Å². The monoisotopic (exact) mass is 317 g/mol. The first-order valence-electron chi connectivity index (χ1n) is 8.41. The van der Waals surface area contributed by atoms with Crippen molar-refractivity contribution in [3.8, 4) is 0 Å². The number of hydrogen-bond acceptors (Lipinski definition) is 2. The van der Waals surface area contributed by atoms with Gasteiger partial charge in [-0.2, -0.15) is 0 Å². The number of rotatable bonds is 5. The molecule has 1 saturated carbocycles. The van der Waals surface area contributed by atoms with Crippen molar-refractivity contribution in [2.75, 3.05) is 6.54 Å². The van der Waals surface area contributed by atoms with Crippen LogP contribution in [0, 0.1) is 12.8 Å². The SMILES string of the molecule is Cc1ccc(CNC(=O)NCC(=O)N[C@@H]2CCCC[C@@H]2C)cc1. The molecule has 1 aromatic carbocycles. The molecule has 0 aromatic heterocycles. The average Bonchev–Trinajstić information content (AvgIpc) is 2.54. The van der Waals surface area contributed by atoms with Crippen LogP contribution in [0.5, 0.6) is 0 Å². The number of aryl methyl sites for hydroxylation is 1. The zero-order valence-electron chi connectivity index (χ0n) is 14.0. The molecule has 126 valence electrons. The van der Waals surface area contributed by atoms with E-state index in [1.807, 2.05) is 31.2 Å². The van der Waals surface area contributed by atoms with Crippen molar-refractivity contribution in [3.05, 3.63) is 35.4 Å². The fourth-order valence-electron chi connectivity index (χ4n) is 2.90. The highest BCUT2D eigenvalue weighted by Crippen LogP contribution is 2.23. The Morgan fingerprint density at radius 2 is 1.78 bits per heavy atom. The number of amides is 3. The van der Waals surface area contributed by atoms with Gasteiger partial charge in [0.2, 0.25) is 5.91 Å². The number of hydrogen-bond donors (Lipinski definition) is 3. The molecule has 3 N–H and O–H groups in total. The largest absolute Gasteiger partial charge is 0.352 e. The van der Waals surface area contributed by atoms with Gasteiger partial charge in [-0.25, -0.2) is 4.79 Å². The Morgan fingerprint density at radius 3 is 2.48 bits per heavy atom. The predicted octanol–water partition coefficient (Wildman–Crippen LogP) is 2.49. The maximum absolute atomic E-state index is 11.9. The summed E-state index contributed by atoms with van der Waals surface area (Å²) in [5, 5.41) is 8.39. The molecular formula is C18H27N3O2. The van der Waals surface area contributed by atoms with Crippen molar-refractivity contribution < 1.29 is 9.59 Å². The van der Waals surface area contributed by atoms with Crippen molar-refractivity contribution >= 4 is 11.9 Å². The van der Waals surface area contributed by atoms with E-state index < -0.39 is 0 Å². The van der Waals surface area contributed by atoms with Crippen molar-refractivity contribution in [2.45, 2.75) is 52.1 Å². The van der Waals surface area contributed by atoms with E-state index in [2.05, 4.69) is 22.9 Å². The van der Waals surface area contributed by atoms with E-state index in [4.69, 9.17) is 0 Å². The molecule has 0 saturated heterocycles. The van der Waals surface area contributed by atoms with Crippen LogP contribution < -0.4 is 16.0 Å². The summed E-state index contributed by atoms with van der Waals surface area (Å²) in [5.74, 6) is 0.400. The van der Waals surface area contributed by atoms with Crippen molar-refractivity contribution in [2.24, 2.45) is 5.92 Å². The molecule has 1 aliphatic carbocycles. The molecule has 0 bridgehead atoms. The molecule has 0 unspecified atom stereocenters. The molecule has 0 heterocycles. The minimum absolute atomic E-state index is 0.0168. The Morgan fingerprint density at radius 1 is 1.09 bits per heavy atom. The fourth-order valence-corrected chi connectivity index (χ4v) is 2.90. The van der Waals surface area contributed by atoms with Crippen molar-refractivity contribution in [3.63, 3.8) is 0 Å². The minimum atomic E-state index is -0.322. The van der Waals surface area contributed by atoms with Crippen LogP contribution in [0.2, 0.25) is 0 Å². The first-order valence-corrected chi connectivity index (χ1v) is 8.41. The lowest BCUT2D eigenvalue weighted by Gasteiger charge is -2.29. The first-order chi connectivity index (χ1) is 11.0. The smallest absolute Gasteiger partial charge is 0.315 e. The summed E-state index contributed by atoms with van der Waals surface area (Å²) in [4.78, 5) is 23.7. The predicted molar refractivity (Wildman–Crippen MR) is 91.0 cm³/mol.